The van der Waals surface area contributed by atoms with E-state index in [0.29, 0.717) is 16.4 Å². The highest BCUT2D eigenvalue weighted by Gasteiger charge is 2.10. The highest BCUT2D eigenvalue weighted by Crippen LogP contribution is 2.26. The third-order valence-electron chi connectivity index (χ3n) is 2.19. The summed E-state index contributed by atoms with van der Waals surface area (Å²) in [4.78, 5) is 15.9. The molecule has 0 aliphatic heterocycles. The summed E-state index contributed by atoms with van der Waals surface area (Å²) in [7, 11) is 0. The molecule has 18 heavy (non-hydrogen) atoms. The molecule has 0 radical (unpaired) electrons. The molecule has 0 unspecified atom stereocenters. The van der Waals surface area contributed by atoms with E-state index in [0.717, 1.165) is 4.47 Å². The van der Waals surface area contributed by atoms with Crippen molar-refractivity contribution in [2.24, 2.45) is 0 Å². The summed E-state index contributed by atoms with van der Waals surface area (Å²) in [6, 6.07) is 8.31. The number of anilines is 2. The number of carbonyl (C=O) groups excluding carboxylic acids is 1. The first-order valence-electron chi connectivity index (χ1n) is 5.04. The first kappa shape index (κ1) is 12.9. The Morgan fingerprint density at radius 3 is 2.83 bits per heavy atom. The number of pyridine rings is 1. The number of carbonyl (C=O) groups is 1. The van der Waals surface area contributed by atoms with Crippen LogP contribution < -0.4 is 11.1 Å². The normalized spacial score (nSPS) is 10.1. The molecule has 0 atom stereocenters. The molecule has 4 nitrogen and oxygen atoms in total. The molecule has 0 bridgehead atoms. The number of hydrogen-bond donors (Lipinski definition) is 2. The zero-order valence-electron chi connectivity index (χ0n) is 9.15. The maximum Gasteiger partial charge on any atom is 0.274 e. The molecule has 0 saturated heterocycles. The van der Waals surface area contributed by atoms with Gasteiger partial charge in [-0.3, -0.25) is 9.78 Å². The Kier molecular flexibility index (Phi) is 3.84. The number of nitrogens with one attached hydrogen (secondary N) is 1. The van der Waals surface area contributed by atoms with Crippen molar-refractivity contribution in [1.82, 2.24) is 4.98 Å². The molecule has 1 heterocycles. The molecule has 1 aromatic carbocycles. The zero-order chi connectivity index (χ0) is 13.1. The highest BCUT2D eigenvalue weighted by molar-refractivity contribution is 9.10. The Hall–Kier alpha value is -1.59. The van der Waals surface area contributed by atoms with Crippen molar-refractivity contribution in [2.45, 2.75) is 0 Å². The summed E-state index contributed by atoms with van der Waals surface area (Å²) in [6.45, 7) is 0. The number of rotatable bonds is 2. The molecule has 0 aliphatic rings. The number of nitrogens with zero attached hydrogens (tertiary/aromatic N) is 1. The Balaban J connectivity index is 2.24. The van der Waals surface area contributed by atoms with E-state index in [4.69, 9.17) is 17.3 Å². The SMILES string of the molecule is Nc1ccnc(C(=O)Nc2cc(Br)ccc2Cl)c1. The van der Waals surface area contributed by atoms with E-state index >= 15 is 0 Å². The molecule has 0 saturated carbocycles. The summed E-state index contributed by atoms with van der Waals surface area (Å²) in [6.07, 6.45) is 1.48. The number of nitrogen functional groups attached to an aromatic ring is 1. The van der Waals surface area contributed by atoms with E-state index in [1.165, 1.54) is 12.3 Å². The highest BCUT2D eigenvalue weighted by atomic mass is 79.9. The van der Waals surface area contributed by atoms with Crippen molar-refractivity contribution in [3.05, 3.63) is 51.7 Å². The fourth-order valence-corrected chi connectivity index (χ4v) is 1.88. The average molecular weight is 327 g/mol. The predicted octanol–water partition coefficient (Wildman–Crippen LogP) is 3.33. The predicted molar refractivity (Wildman–Crippen MR) is 75.8 cm³/mol. The van der Waals surface area contributed by atoms with Gasteiger partial charge in [0.2, 0.25) is 0 Å². The van der Waals surface area contributed by atoms with Crippen molar-refractivity contribution in [1.29, 1.82) is 0 Å². The largest absolute Gasteiger partial charge is 0.399 e. The molecule has 92 valence electrons. The molecule has 2 rings (SSSR count). The molecule has 1 amide bonds. The molecular weight excluding hydrogens is 318 g/mol. The Morgan fingerprint density at radius 1 is 1.33 bits per heavy atom. The van der Waals surface area contributed by atoms with Gasteiger partial charge in [-0.1, -0.05) is 27.5 Å². The molecule has 6 heteroatoms. The van der Waals surface area contributed by atoms with E-state index in [1.807, 2.05) is 0 Å². The first-order valence-corrected chi connectivity index (χ1v) is 6.21. The van der Waals surface area contributed by atoms with Gasteiger partial charge >= 0.3 is 0 Å². The Morgan fingerprint density at radius 2 is 2.11 bits per heavy atom. The van der Waals surface area contributed by atoms with Gasteiger partial charge in [0.1, 0.15) is 5.69 Å². The quantitative estimate of drug-likeness (QED) is 0.889. The summed E-state index contributed by atoms with van der Waals surface area (Å²) in [5, 5.41) is 3.13. The summed E-state index contributed by atoms with van der Waals surface area (Å²) in [5.74, 6) is -0.359. The lowest BCUT2D eigenvalue weighted by Gasteiger charge is -2.07. The van der Waals surface area contributed by atoms with E-state index in [9.17, 15) is 4.79 Å². The van der Waals surface area contributed by atoms with Crippen LogP contribution in [0.3, 0.4) is 0 Å². The standard InChI is InChI=1S/C12H9BrClN3O/c13-7-1-2-9(14)10(5-7)17-12(18)11-6-8(15)3-4-16-11/h1-6H,(H2,15,16)(H,17,18). The van der Waals surface area contributed by atoms with Crippen molar-refractivity contribution in [3.8, 4) is 0 Å². The fourth-order valence-electron chi connectivity index (χ4n) is 1.35. The number of amides is 1. The van der Waals surface area contributed by atoms with Gasteiger partial charge < -0.3 is 11.1 Å². The molecule has 3 N–H and O–H groups in total. The monoisotopic (exact) mass is 325 g/mol. The van der Waals surface area contributed by atoms with Gasteiger partial charge in [-0.25, -0.2) is 0 Å². The average Bonchev–Trinajstić information content (AvgIpc) is 2.34. The lowest BCUT2D eigenvalue weighted by molar-refractivity contribution is 0.102. The minimum absolute atomic E-state index is 0.242. The molecule has 1 aromatic heterocycles. The number of halogens is 2. The number of benzene rings is 1. The van der Waals surface area contributed by atoms with Crippen molar-refractivity contribution >= 4 is 44.8 Å². The van der Waals surface area contributed by atoms with Crippen LogP contribution in [0.1, 0.15) is 10.5 Å². The molecule has 2 aromatic rings. The molecule has 0 fully saturated rings. The second-order valence-electron chi connectivity index (χ2n) is 3.55. The fraction of sp³-hybridized carbons (Fsp3) is 0. The van der Waals surface area contributed by atoms with Crippen LogP contribution in [0.25, 0.3) is 0 Å². The molecular formula is C12H9BrClN3O. The van der Waals surface area contributed by atoms with Crippen LogP contribution in [0.15, 0.2) is 41.0 Å². The van der Waals surface area contributed by atoms with Crippen LogP contribution in [0, 0.1) is 0 Å². The van der Waals surface area contributed by atoms with Gasteiger partial charge in [-0.2, -0.15) is 0 Å². The van der Waals surface area contributed by atoms with Crippen molar-refractivity contribution in [3.63, 3.8) is 0 Å². The van der Waals surface area contributed by atoms with Gasteiger partial charge in [0.25, 0.3) is 5.91 Å². The minimum Gasteiger partial charge on any atom is -0.399 e. The van der Waals surface area contributed by atoms with Crippen LogP contribution in [0.5, 0.6) is 0 Å². The topological polar surface area (TPSA) is 68.0 Å². The maximum absolute atomic E-state index is 11.9. The maximum atomic E-state index is 11.9. The van der Waals surface area contributed by atoms with E-state index in [1.54, 1.807) is 24.3 Å². The Labute approximate surface area is 117 Å². The van der Waals surface area contributed by atoms with Crippen LogP contribution >= 0.6 is 27.5 Å². The molecule has 0 spiro atoms. The number of aromatic nitrogens is 1. The summed E-state index contributed by atoms with van der Waals surface area (Å²) < 4.78 is 0.822. The van der Waals surface area contributed by atoms with Crippen LogP contribution in [-0.2, 0) is 0 Å². The lowest BCUT2D eigenvalue weighted by atomic mass is 10.2. The number of hydrogen-bond acceptors (Lipinski definition) is 3. The smallest absolute Gasteiger partial charge is 0.274 e. The van der Waals surface area contributed by atoms with Gasteiger partial charge in [0.15, 0.2) is 0 Å². The third kappa shape index (κ3) is 3.00. The van der Waals surface area contributed by atoms with E-state index in [2.05, 4.69) is 26.2 Å². The van der Waals surface area contributed by atoms with Crippen LogP contribution in [0.4, 0.5) is 11.4 Å². The lowest BCUT2D eigenvalue weighted by Crippen LogP contribution is -2.14. The zero-order valence-corrected chi connectivity index (χ0v) is 11.5. The van der Waals surface area contributed by atoms with Gasteiger partial charge in [0, 0.05) is 16.4 Å². The second kappa shape index (κ2) is 5.37. The summed E-state index contributed by atoms with van der Waals surface area (Å²) >= 11 is 9.29. The minimum atomic E-state index is -0.359. The van der Waals surface area contributed by atoms with Crippen molar-refractivity contribution < 1.29 is 4.79 Å². The van der Waals surface area contributed by atoms with E-state index < -0.39 is 0 Å². The van der Waals surface area contributed by atoms with Crippen LogP contribution in [0.2, 0.25) is 5.02 Å². The Bertz CT molecular complexity index is 604. The van der Waals surface area contributed by atoms with E-state index in [-0.39, 0.29) is 11.6 Å². The number of nitrogens with two attached hydrogens (primary N) is 1. The van der Waals surface area contributed by atoms with Gasteiger partial charge in [-0.05, 0) is 30.3 Å². The van der Waals surface area contributed by atoms with Gasteiger partial charge in [-0.15, -0.1) is 0 Å². The second-order valence-corrected chi connectivity index (χ2v) is 4.88. The summed E-state index contributed by atoms with van der Waals surface area (Å²) in [5.41, 5.74) is 6.83. The van der Waals surface area contributed by atoms with Gasteiger partial charge in [0.05, 0.1) is 10.7 Å². The van der Waals surface area contributed by atoms with Crippen molar-refractivity contribution in [2.75, 3.05) is 11.1 Å². The molecule has 0 aliphatic carbocycles. The first-order chi connectivity index (χ1) is 8.56. The third-order valence-corrected chi connectivity index (χ3v) is 3.02. The van der Waals surface area contributed by atoms with Crippen LogP contribution in [-0.4, -0.2) is 10.9 Å².